The number of hydrogen-bond donors (Lipinski definition) is 2. The van der Waals surface area contributed by atoms with Gasteiger partial charge in [-0.25, -0.2) is 14.8 Å². The van der Waals surface area contributed by atoms with E-state index in [1.54, 1.807) is 32.9 Å². The number of ether oxygens (including phenoxy) is 1. The predicted octanol–water partition coefficient (Wildman–Crippen LogP) is 3.71. The van der Waals surface area contributed by atoms with E-state index in [0.29, 0.717) is 17.0 Å². The van der Waals surface area contributed by atoms with Gasteiger partial charge in [0.05, 0.1) is 35.4 Å². The van der Waals surface area contributed by atoms with Gasteiger partial charge in [0.1, 0.15) is 11.2 Å². The molecule has 4 heterocycles. The van der Waals surface area contributed by atoms with Gasteiger partial charge in [0, 0.05) is 37.3 Å². The maximum absolute atomic E-state index is 13.2. The lowest BCUT2D eigenvalue weighted by atomic mass is 10.1. The smallest absolute Gasteiger partial charge is 0.410 e. The molecule has 2 N–H and O–H groups in total. The normalized spacial score (nSPS) is 19.7. The van der Waals surface area contributed by atoms with Gasteiger partial charge in [0.15, 0.2) is 5.82 Å². The molecule has 39 heavy (non-hydrogen) atoms. The number of aryl methyl sites for hydroxylation is 1. The monoisotopic (exact) mass is 530 g/mol. The summed E-state index contributed by atoms with van der Waals surface area (Å²) in [7, 11) is 1.98. The summed E-state index contributed by atoms with van der Waals surface area (Å²) in [6.45, 7) is 6.57. The number of aliphatic hydroxyl groups is 1. The van der Waals surface area contributed by atoms with Gasteiger partial charge in [-0.2, -0.15) is 0 Å². The quantitative estimate of drug-likeness (QED) is 0.407. The molecule has 2 atom stereocenters. The largest absolute Gasteiger partial charge is 0.444 e. The first-order chi connectivity index (χ1) is 18.6. The van der Waals surface area contributed by atoms with Crippen LogP contribution < -0.4 is 5.32 Å². The molecular formula is C29H34N6O4. The SMILES string of the molecule is Cn1c(-c2cc3cccnc3n2CC2CC2)nc2cc(C(=O)N[C@H]3CN(C(=O)OC(C)(C)C)C[C@H]3O)ccc21. The molecule has 10 heteroatoms. The minimum atomic E-state index is -0.881. The highest BCUT2D eigenvalue weighted by molar-refractivity contribution is 5.98. The predicted molar refractivity (Wildman–Crippen MR) is 147 cm³/mol. The zero-order valence-electron chi connectivity index (χ0n) is 22.7. The molecule has 0 radical (unpaired) electrons. The number of benzene rings is 1. The maximum atomic E-state index is 13.2. The fourth-order valence-corrected chi connectivity index (χ4v) is 5.24. The highest BCUT2D eigenvalue weighted by Gasteiger charge is 2.37. The van der Waals surface area contributed by atoms with E-state index < -0.39 is 23.8 Å². The molecule has 1 aliphatic carbocycles. The summed E-state index contributed by atoms with van der Waals surface area (Å²) in [4.78, 5) is 36.6. The number of amides is 2. The fourth-order valence-electron chi connectivity index (χ4n) is 5.24. The number of hydrogen-bond acceptors (Lipinski definition) is 6. The number of β-amino-alcohol motifs (C(OH)–C–C–N with tert-alkyl or cyclic N) is 1. The van der Waals surface area contributed by atoms with E-state index in [0.717, 1.165) is 34.6 Å². The average molecular weight is 531 g/mol. The summed E-state index contributed by atoms with van der Waals surface area (Å²) < 4.78 is 9.72. The molecule has 0 bridgehead atoms. The van der Waals surface area contributed by atoms with Gasteiger partial charge >= 0.3 is 6.09 Å². The molecule has 2 fully saturated rings. The van der Waals surface area contributed by atoms with E-state index in [1.165, 1.54) is 17.7 Å². The third kappa shape index (κ3) is 4.96. The first kappa shape index (κ1) is 25.4. The second-order valence-corrected chi connectivity index (χ2v) is 11.7. The Morgan fingerprint density at radius 2 is 1.95 bits per heavy atom. The molecule has 1 aromatic carbocycles. The van der Waals surface area contributed by atoms with E-state index in [1.807, 2.05) is 29.9 Å². The summed E-state index contributed by atoms with van der Waals surface area (Å²) in [5, 5.41) is 14.5. The van der Waals surface area contributed by atoms with Crippen LogP contribution in [0.25, 0.3) is 33.6 Å². The zero-order chi connectivity index (χ0) is 27.5. The Morgan fingerprint density at radius 1 is 1.15 bits per heavy atom. The van der Waals surface area contributed by atoms with Crippen molar-refractivity contribution in [1.29, 1.82) is 0 Å². The molecule has 10 nitrogen and oxygen atoms in total. The first-order valence-corrected chi connectivity index (χ1v) is 13.5. The van der Waals surface area contributed by atoms with Crippen LogP contribution >= 0.6 is 0 Å². The van der Waals surface area contributed by atoms with E-state index in [9.17, 15) is 14.7 Å². The van der Waals surface area contributed by atoms with Crippen LogP contribution in [0.5, 0.6) is 0 Å². The number of pyridine rings is 1. The molecule has 1 saturated heterocycles. The van der Waals surface area contributed by atoms with Crippen molar-refractivity contribution in [2.24, 2.45) is 13.0 Å². The number of nitrogens with zero attached hydrogens (tertiary/aromatic N) is 5. The maximum Gasteiger partial charge on any atom is 0.410 e. The van der Waals surface area contributed by atoms with Crippen molar-refractivity contribution in [3.05, 3.63) is 48.2 Å². The van der Waals surface area contributed by atoms with Gasteiger partial charge in [0.2, 0.25) is 0 Å². The van der Waals surface area contributed by atoms with Crippen LogP contribution in [0.3, 0.4) is 0 Å². The number of aliphatic hydroxyl groups excluding tert-OH is 1. The Balaban J connectivity index is 1.24. The van der Waals surface area contributed by atoms with Gasteiger partial charge in [-0.15, -0.1) is 0 Å². The van der Waals surface area contributed by atoms with Crippen LogP contribution in [0.4, 0.5) is 4.79 Å². The lowest BCUT2D eigenvalue weighted by Gasteiger charge is -2.24. The first-order valence-electron chi connectivity index (χ1n) is 13.5. The van der Waals surface area contributed by atoms with Crippen LogP contribution in [0, 0.1) is 5.92 Å². The van der Waals surface area contributed by atoms with Crippen LogP contribution in [0.2, 0.25) is 0 Å². The Kier molecular flexibility index (Phi) is 6.10. The van der Waals surface area contributed by atoms with Crippen molar-refractivity contribution in [2.75, 3.05) is 13.1 Å². The Hall–Kier alpha value is -3.92. The lowest BCUT2D eigenvalue weighted by molar-refractivity contribution is 0.0269. The molecule has 0 spiro atoms. The molecule has 1 aliphatic heterocycles. The van der Waals surface area contributed by atoms with E-state index in [-0.39, 0.29) is 19.0 Å². The number of aromatic nitrogens is 4. The van der Waals surface area contributed by atoms with E-state index >= 15 is 0 Å². The van der Waals surface area contributed by atoms with E-state index in [2.05, 4.69) is 27.0 Å². The second kappa shape index (κ2) is 9.37. The molecule has 4 aromatic rings. The van der Waals surface area contributed by atoms with Gasteiger partial charge in [-0.05, 0) is 75.9 Å². The topological polar surface area (TPSA) is 115 Å². The van der Waals surface area contributed by atoms with Crippen molar-refractivity contribution in [1.82, 2.24) is 29.3 Å². The number of imidazole rings is 1. The van der Waals surface area contributed by atoms with Crippen molar-refractivity contribution in [3.63, 3.8) is 0 Å². The van der Waals surface area contributed by atoms with Gasteiger partial charge < -0.3 is 29.2 Å². The van der Waals surface area contributed by atoms with Crippen molar-refractivity contribution >= 4 is 34.1 Å². The Labute approximate surface area is 226 Å². The highest BCUT2D eigenvalue weighted by atomic mass is 16.6. The molecule has 2 aliphatic rings. The molecule has 0 unspecified atom stereocenters. The molecule has 3 aromatic heterocycles. The summed E-state index contributed by atoms with van der Waals surface area (Å²) in [6.07, 6.45) is 2.91. The summed E-state index contributed by atoms with van der Waals surface area (Å²) in [5.41, 5.74) is 3.39. The number of fused-ring (bicyclic) bond motifs is 2. The molecular weight excluding hydrogens is 496 g/mol. The minimum absolute atomic E-state index is 0.103. The Morgan fingerprint density at radius 3 is 2.69 bits per heavy atom. The average Bonchev–Trinajstić information content (AvgIpc) is 3.41. The van der Waals surface area contributed by atoms with Gasteiger partial charge in [0.25, 0.3) is 5.91 Å². The number of nitrogens with one attached hydrogen (secondary N) is 1. The van der Waals surface area contributed by atoms with Gasteiger partial charge in [-0.3, -0.25) is 4.79 Å². The van der Waals surface area contributed by atoms with Crippen molar-refractivity contribution in [2.45, 2.75) is 57.9 Å². The van der Waals surface area contributed by atoms with Crippen molar-refractivity contribution in [3.8, 4) is 11.5 Å². The minimum Gasteiger partial charge on any atom is -0.444 e. The lowest BCUT2D eigenvalue weighted by Crippen LogP contribution is -2.43. The molecule has 2 amide bonds. The number of carbonyl (C=O) groups excluding carboxylic acids is 2. The van der Waals surface area contributed by atoms with Crippen LogP contribution in [-0.2, 0) is 18.3 Å². The van der Waals surface area contributed by atoms with Crippen LogP contribution in [-0.4, -0.2) is 71.9 Å². The third-order valence-electron chi connectivity index (χ3n) is 7.42. The fraction of sp³-hybridized carbons (Fsp3) is 0.448. The number of rotatable bonds is 5. The Bertz CT molecular complexity index is 1580. The van der Waals surface area contributed by atoms with Gasteiger partial charge in [-0.1, -0.05) is 0 Å². The third-order valence-corrected chi connectivity index (χ3v) is 7.42. The standard InChI is InChI=1S/C29H34N6O4/c1-29(2,3)39-28(38)34-15-21(24(36)16-34)32-27(37)19-9-10-22-20(12-19)31-26(33(22)4)23-13-18-6-5-11-30-25(18)35(23)14-17-7-8-17/h5-6,9-13,17,21,24,36H,7-8,14-16H2,1-4H3,(H,32,37)/t21-,24+/m0/s1. The summed E-state index contributed by atoms with van der Waals surface area (Å²) in [5.74, 6) is 1.16. The highest BCUT2D eigenvalue weighted by Crippen LogP contribution is 2.36. The van der Waals surface area contributed by atoms with Crippen LogP contribution in [0.1, 0.15) is 44.0 Å². The number of likely N-dealkylation sites (tertiary alicyclic amines) is 1. The van der Waals surface area contributed by atoms with Crippen molar-refractivity contribution < 1.29 is 19.4 Å². The summed E-state index contributed by atoms with van der Waals surface area (Å²) in [6, 6.07) is 11.0. The van der Waals surface area contributed by atoms with Crippen LogP contribution in [0.15, 0.2) is 42.6 Å². The summed E-state index contributed by atoms with van der Waals surface area (Å²) >= 11 is 0. The van der Waals surface area contributed by atoms with E-state index in [4.69, 9.17) is 9.72 Å². The zero-order valence-corrected chi connectivity index (χ0v) is 22.7. The molecule has 204 valence electrons. The number of carbonyl (C=O) groups is 2. The second-order valence-electron chi connectivity index (χ2n) is 11.7. The molecule has 1 saturated carbocycles. The molecule has 6 rings (SSSR count).